The molecule has 7 heteroatoms. The minimum absolute atomic E-state index is 0.336. The van der Waals surface area contributed by atoms with Crippen molar-refractivity contribution in [2.45, 2.75) is 24.8 Å². The fourth-order valence-electron chi connectivity index (χ4n) is 1.71. The third kappa shape index (κ3) is 3.78. The zero-order valence-electron chi connectivity index (χ0n) is 11.2. The van der Waals surface area contributed by atoms with Crippen molar-refractivity contribution in [1.29, 1.82) is 0 Å². The number of hydrogen-bond acceptors (Lipinski definition) is 5. The molecule has 0 aromatic carbocycles. The molecule has 0 radical (unpaired) electrons. The Morgan fingerprint density at radius 3 is 2.70 bits per heavy atom. The molecule has 2 heterocycles. The summed E-state index contributed by atoms with van der Waals surface area (Å²) in [5.41, 5.74) is 0.513. The third-order valence-corrected chi connectivity index (χ3v) is 5.16. The topological polar surface area (TPSA) is 71.1 Å². The van der Waals surface area contributed by atoms with E-state index in [1.54, 1.807) is 36.0 Å². The van der Waals surface area contributed by atoms with Crippen molar-refractivity contribution in [3.05, 3.63) is 40.8 Å². The first kappa shape index (κ1) is 15.0. The van der Waals surface area contributed by atoms with E-state index < -0.39 is 10.0 Å². The molecule has 0 saturated heterocycles. The lowest BCUT2D eigenvalue weighted by Crippen LogP contribution is -2.18. The Morgan fingerprint density at radius 1 is 1.25 bits per heavy atom. The number of rotatable bonds is 7. The van der Waals surface area contributed by atoms with E-state index >= 15 is 0 Å². The normalized spacial score (nSPS) is 11.4. The van der Waals surface area contributed by atoms with Gasteiger partial charge in [0.05, 0.1) is 5.69 Å². The first-order chi connectivity index (χ1) is 9.63. The summed E-state index contributed by atoms with van der Waals surface area (Å²) in [6.45, 7) is 3.51. The van der Waals surface area contributed by atoms with Gasteiger partial charge in [0.25, 0.3) is 10.0 Å². The summed E-state index contributed by atoms with van der Waals surface area (Å²) in [5.74, 6) is 0. The van der Waals surface area contributed by atoms with Crippen molar-refractivity contribution in [1.82, 2.24) is 10.3 Å². The summed E-state index contributed by atoms with van der Waals surface area (Å²) in [6, 6.07) is 4.88. The van der Waals surface area contributed by atoms with Crippen molar-refractivity contribution < 1.29 is 8.42 Å². The van der Waals surface area contributed by atoms with Crippen molar-refractivity contribution in [2.24, 2.45) is 0 Å². The van der Waals surface area contributed by atoms with Crippen LogP contribution < -0.4 is 10.0 Å². The van der Waals surface area contributed by atoms with Gasteiger partial charge in [0.1, 0.15) is 4.90 Å². The molecule has 2 aromatic heterocycles. The maximum Gasteiger partial charge on any atom is 0.263 e. The highest BCUT2D eigenvalue weighted by Crippen LogP contribution is 2.24. The minimum Gasteiger partial charge on any atom is -0.312 e. The van der Waals surface area contributed by atoms with E-state index in [0.29, 0.717) is 17.1 Å². The molecular formula is C13H17N3O2S2. The molecule has 0 spiro atoms. The number of hydrogen-bond donors (Lipinski definition) is 2. The van der Waals surface area contributed by atoms with E-state index in [4.69, 9.17) is 0 Å². The van der Waals surface area contributed by atoms with E-state index in [1.807, 2.05) is 0 Å². The van der Waals surface area contributed by atoms with Crippen LogP contribution in [0.5, 0.6) is 0 Å². The molecule has 5 nitrogen and oxygen atoms in total. The Morgan fingerprint density at radius 2 is 2.00 bits per heavy atom. The molecule has 0 aliphatic heterocycles. The summed E-state index contributed by atoms with van der Waals surface area (Å²) in [6.07, 6.45) is 4.12. The average molecular weight is 311 g/mol. The molecule has 2 N–H and O–H groups in total. The fraction of sp³-hybridized carbons (Fsp3) is 0.308. The number of thiophene rings is 1. The molecule has 2 rings (SSSR count). The van der Waals surface area contributed by atoms with Crippen LogP contribution in [0.25, 0.3) is 0 Å². The molecule has 2 aromatic rings. The van der Waals surface area contributed by atoms with Crippen LogP contribution in [0.4, 0.5) is 5.69 Å². The van der Waals surface area contributed by atoms with Gasteiger partial charge in [-0.1, -0.05) is 6.92 Å². The summed E-state index contributed by atoms with van der Waals surface area (Å²) < 4.78 is 27.3. The van der Waals surface area contributed by atoms with Gasteiger partial charge in [-0.05, 0) is 36.5 Å². The molecule has 0 saturated carbocycles. The van der Waals surface area contributed by atoms with Gasteiger partial charge in [-0.2, -0.15) is 0 Å². The molecule has 20 heavy (non-hydrogen) atoms. The van der Waals surface area contributed by atoms with Crippen LogP contribution in [0.1, 0.15) is 18.2 Å². The van der Waals surface area contributed by atoms with Crippen LogP contribution in [0.3, 0.4) is 0 Å². The van der Waals surface area contributed by atoms with Gasteiger partial charge in [-0.15, -0.1) is 11.3 Å². The van der Waals surface area contributed by atoms with Crippen LogP contribution in [-0.2, 0) is 16.6 Å². The Labute approximate surface area is 123 Å². The fourth-order valence-corrected chi connectivity index (χ4v) is 4.18. The van der Waals surface area contributed by atoms with Crippen LogP contribution in [-0.4, -0.2) is 19.9 Å². The standard InChI is InChI=1S/C13H17N3O2S2/c1-2-6-15-10-12-13(5-9-19-12)20(17,18)16-11-3-7-14-8-4-11/h3-5,7-9,15H,2,6,10H2,1H3,(H,14,16). The van der Waals surface area contributed by atoms with E-state index in [0.717, 1.165) is 17.8 Å². The number of nitrogens with zero attached hydrogens (tertiary/aromatic N) is 1. The van der Waals surface area contributed by atoms with Crippen LogP contribution >= 0.6 is 11.3 Å². The maximum absolute atomic E-state index is 12.4. The Kier molecular flexibility index (Phi) is 5.11. The molecule has 0 fully saturated rings. The third-order valence-electron chi connectivity index (χ3n) is 2.64. The van der Waals surface area contributed by atoms with Crippen molar-refractivity contribution >= 4 is 27.0 Å². The quantitative estimate of drug-likeness (QED) is 0.771. The molecule has 108 valence electrons. The highest BCUT2D eigenvalue weighted by atomic mass is 32.2. The molecule has 0 bridgehead atoms. The van der Waals surface area contributed by atoms with Crippen molar-refractivity contribution in [3.8, 4) is 0 Å². The second kappa shape index (κ2) is 6.83. The van der Waals surface area contributed by atoms with Gasteiger partial charge in [-0.3, -0.25) is 9.71 Å². The molecule has 0 unspecified atom stereocenters. The summed E-state index contributed by atoms with van der Waals surface area (Å²) >= 11 is 1.44. The monoisotopic (exact) mass is 311 g/mol. The lowest BCUT2D eigenvalue weighted by Gasteiger charge is -2.09. The van der Waals surface area contributed by atoms with Gasteiger partial charge in [0.15, 0.2) is 0 Å². The molecular weight excluding hydrogens is 294 g/mol. The zero-order valence-corrected chi connectivity index (χ0v) is 12.8. The van der Waals surface area contributed by atoms with Crippen molar-refractivity contribution in [2.75, 3.05) is 11.3 Å². The number of aromatic nitrogens is 1. The van der Waals surface area contributed by atoms with E-state index in [-0.39, 0.29) is 0 Å². The zero-order chi connectivity index (χ0) is 14.4. The van der Waals surface area contributed by atoms with Gasteiger partial charge < -0.3 is 5.32 Å². The first-order valence-electron chi connectivity index (χ1n) is 6.33. The number of nitrogens with one attached hydrogen (secondary N) is 2. The molecule has 0 amide bonds. The number of anilines is 1. The molecule has 0 aliphatic carbocycles. The maximum atomic E-state index is 12.4. The first-order valence-corrected chi connectivity index (χ1v) is 8.69. The smallest absolute Gasteiger partial charge is 0.263 e. The Balaban J connectivity index is 2.15. The second-order valence-electron chi connectivity index (χ2n) is 4.23. The minimum atomic E-state index is -3.55. The lowest BCUT2D eigenvalue weighted by molar-refractivity contribution is 0.599. The predicted molar refractivity (Wildman–Crippen MR) is 81.4 cm³/mol. The second-order valence-corrected chi connectivity index (χ2v) is 6.88. The largest absolute Gasteiger partial charge is 0.312 e. The van der Waals surface area contributed by atoms with Gasteiger partial charge in [-0.25, -0.2) is 8.42 Å². The van der Waals surface area contributed by atoms with Gasteiger partial charge in [0, 0.05) is 23.8 Å². The van der Waals surface area contributed by atoms with Crippen molar-refractivity contribution in [3.63, 3.8) is 0 Å². The SMILES string of the molecule is CCCNCc1sccc1S(=O)(=O)Nc1ccncc1. The highest BCUT2D eigenvalue weighted by molar-refractivity contribution is 7.93. The van der Waals surface area contributed by atoms with E-state index in [1.165, 1.54) is 11.3 Å². The van der Waals surface area contributed by atoms with Crippen LogP contribution in [0.15, 0.2) is 40.9 Å². The molecule has 0 aliphatic rings. The summed E-state index contributed by atoms with van der Waals surface area (Å²) in [5, 5.41) is 5.02. The Hall–Kier alpha value is -1.44. The lowest BCUT2D eigenvalue weighted by atomic mass is 10.4. The summed E-state index contributed by atoms with van der Waals surface area (Å²) in [4.78, 5) is 5.02. The van der Waals surface area contributed by atoms with E-state index in [2.05, 4.69) is 21.9 Å². The van der Waals surface area contributed by atoms with Gasteiger partial charge >= 0.3 is 0 Å². The predicted octanol–water partition coefficient (Wildman–Crippen LogP) is 2.44. The number of pyridine rings is 1. The average Bonchev–Trinajstić information content (AvgIpc) is 2.89. The Bertz CT molecular complexity index is 639. The van der Waals surface area contributed by atoms with Gasteiger partial charge in [0.2, 0.25) is 0 Å². The summed E-state index contributed by atoms with van der Waals surface area (Å²) in [7, 11) is -3.55. The number of sulfonamides is 1. The van der Waals surface area contributed by atoms with Crippen LogP contribution in [0.2, 0.25) is 0 Å². The van der Waals surface area contributed by atoms with E-state index in [9.17, 15) is 8.42 Å². The van der Waals surface area contributed by atoms with Crippen LogP contribution in [0, 0.1) is 0 Å². The highest BCUT2D eigenvalue weighted by Gasteiger charge is 2.19. The molecule has 0 atom stereocenters.